The molecule has 0 amide bonds. The summed E-state index contributed by atoms with van der Waals surface area (Å²) in [6.45, 7) is 3.48. The zero-order chi connectivity index (χ0) is 13.2. The number of halogens is 1. The normalized spacial score (nSPS) is 11.3. The molecular formula is C12H15ClO4. The minimum Gasteiger partial charge on any atom is -0.504 e. The Kier molecular flexibility index (Phi) is 3.88. The van der Waals surface area contributed by atoms with Gasteiger partial charge in [0.25, 0.3) is 0 Å². The Labute approximate surface area is 105 Å². The molecule has 0 saturated heterocycles. The van der Waals surface area contributed by atoms with Crippen LogP contribution in [0, 0.1) is 0 Å². The van der Waals surface area contributed by atoms with E-state index in [4.69, 9.17) is 21.4 Å². The third-order valence-corrected chi connectivity index (χ3v) is 2.91. The zero-order valence-electron chi connectivity index (χ0n) is 9.95. The van der Waals surface area contributed by atoms with E-state index < -0.39 is 11.4 Å². The Morgan fingerprint density at radius 2 is 2.06 bits per heavy atom. The first-order chi connectivity index (χ1) is 7.79. The highest BCUT2D eigenvalue weighted by Crippen LogP contribution is 2.43. The van der Waals surface area contributed by atoms with Crippen LogP contribution in [-0.2, 0) is 10.2 Å². The lowest BCUT2D eigenvalue weighted by molar-refractivity contribution is -0.138. The second kappa shape index (κ2) is 4.84. The van der Waals surface area contributed by atoms with E-state index in [1.165, 1.54) is 7.11 Å². The van der Waals surface area contributed by atoms with Crippen molar-refractivity contribution in [2.24, 2.45) is 0 Å². The van der Waals surface area contributed by atoms with Gasteiger partial charge in [-0.05, 0) is 6.07 Å². The molecule has 5 heteroatoms. The lowest BCUT2D eigenvalue weighted by atomic mass is 9.81. The van der Waals surface area contributed by atoms with Crippen LogP contribution in [0.15, 0.2) is 12.1 Å². The molecule has 0 heterocycles. The van der Waals surface area contributed by atoms with Gasteiger partial charge in [-0.25, -0.2) is 0 Å². The number of carboxylic acid groups (broad SMARTS) is 1. The summed E-state index contributed by atoms with van der Waals surface area (Å²) in [5.74, 6) is -0.864. The topological polar surface area (TPSA) is 66.8 Å². The van der Waals surface area contributed by atoms with Gasteiger partial charge in [-0.3, -0.25) is 4.79 Å². The fourth-order valence-corrected chi connectivity index (χ4v) is 1.99. The predicted octanol–water partition coefficient (Wildman–Crippen LogP) is 2.81. The van der Waals surface area contributed by atoms with Crippen molar-refractivity contribution in [2.75, 3.05) is 7.11 Å². The van der Waals surface area contributed by atoms with Gasteiger partial charge in [0.2, 0.25) is 0 Å². The van der Waals surface area contributed by atoms with Crippen LogP contribution in [0.3, 0.4) is 0 Å². The molecule has 0 spiro atoms. The monoisotopic (exact) mass is 258 g/mol. The van der Waals surface area contributed by atoms with Crippen molar-refractivity contribution in [3.8, 4) is 11.5 Å². The van der Waals surface area contributed by atoms with E-state index in [9.17, 15) is 9.90 Å². The van der Waals surface area contributed by atoms with Gasteiger partial charge in [-0.1, -0.05) is 31.5 Å². The second-order valence-electron chi connectivity index (χ2n) is 4.43. The Morgan fingerprint density at radius 3 is 2.53 bits per heavy atom. The maximum absolute atomic E-state index is 10.8. The van der Waals surface area contributed by atoms with Crippen molar-refractivity contribution < 1.29 is 19.7 Å². The number of aromatic hydroxyl groups is 1. The minimum atomic E-state index is -0.927. The van der Waals surface area contributed by atoms with E-state index in [0.29, 0.717) is 10.6 Å². The number of hydrogen-bond acceptors (Lipinski definition) is 3. The molecule has 0 aromatic heterocycles. The first-order valence-corrected chi connectivity index (χ1v) is 5.45. The van der Waals surface area contributed by atoms with E-state index in [2.05, 4.69) is 0 Å². The van der Waals surface area contributed by atoms with Crippen molar-refractivity contribution in [2.45, 2.75) is 25.7 Å². The molecular weight excluding hydrogens is 244 g/mol. The Bertz CT molecular complexity index is 440. The Hall–Kier alpha value is -1.42. The van der Waals surface area contributed by atoms with Crippen molar-refractivity contribution >= 4 is 17.6 Å². The van der Waals surface area contributed by atoms with Gasteiger partial charge in [0.1, 0.15) is 0 Å². The maximum Gasteiger partial charge on any atom is 0.304 e. The standard InChI is InChI=1S/C12H15ClO4/c1-12(2,6-9(14)15)7-4-5-8(13)11(17-3)10(7)16/h4-5,16H,6H2,1-3H3,(H,14,15). The van der Waals surface area contributed by atoms with Gasteiger partial charge in [0.15, 0.2) is 11.5 Å². The van der Waals surface area contributed by atoms with Crippen LogP contribution in [0.25, 0.3) is 0 Å². The quantitative estimate of drug-likeness (QED) is 0.872. The number of benzene rings is 1. The first kappa shape index (κ1) is 13.6. The molecule has 1 rings (SSSR count). The van der Waals surface area contributed by atoms with Crippen molar-refractivity contribution in [1.82, 2.24) is 0 Å². The van der Waals surface area contributed by atoms with Crippen LogP contribution in [0.4, 0.5) is 0 Å². The summed E-state index contributed by atoms with van der Waals surface area (Å²) < 4.78 is 4.99. The highest BCUT2D eigenvalue weighted by atomic mass is 35.5. The summed E-state index contributed by atoms with van der Waals surface area (Å²) in [5, 5.41) is 19.2. The number of carbonyl (C=O) groups is 1. The SMILES string of the molecule is COc1c(Cl)ccc(C(C)(C)CC(=O)O)c1O. The van der Waals surface area contributed by atoms with Crippen LogP contribution < -0.4 is 4.74 Å². The summed E-state index contributed by atoms with van der Waals surface area (Å²) >= 11 is 5.86. The fourth-order valence-electron chi connectivity index (χ4n) is 1.76. The van der Waals surface area contributed by atoms with Crippen molar-refractivity contribution in [3.05, 3.63) is 22.7 Å². The van der Waals surface area contributed by atoms with Crippen LogP contribution in [0.5, 0.6) is 11.5 Å². The number of hydrogen-bond donors (Lipinski definition) is 2. The van der Waals surface area contributed by atoms with Gasteiger partial charge >= 0.3 is 5.97 Å². The average Bonchev–Trinajstić information content (AvgIpc) is 2.15. The summed E-state index contributed by atoms with van der Waals surface area (Å²) in [7, 11) is 1.40. The van der Waals surface area contributed by atoms with Crippen LogP contribution in [0.2, 0.25) is 5.02 Å². The number of methoxy groups -OCH3 is 1. The van der Waals surface area contributed by atoms with E-state index in [0.717, 1.165) is 0 Å². The van der Waals surface area contributed by atoms with Gasteiger partial charge in [0, 0.05) is 11.0 Å². The van der Waals surface area contributed by atoms with Gasteiger partial charge < -0.3 is 14.9 Å². The van der Waals surface area contributed by atoms with Gasteiger partial charge in [0.05, 0.1) is 18.6 Å². The molecule has 1 aromatic carbocycles. The molecule has 1 aromatic rings. The largest absolute Gasteiger partial charge is 0.504 e. The molecule has 0 bridgehead atoms. The molecule has 0 unspecified atom stereocenters. The average molecular weight is 259 g/mol. The first-order valence-electron chi connectivity index (χ1n) is 5.07. The molecule has 0 atom stereocenters. The molecule has 0 aliphatic rings. The molecule has 4 nitrogen and oxygen atoms in total. The van der Waals surface area contributed by atoms with E-state index >= 15 is 0 Å². The molecule has 2 N–H and O–H groups in total. The molecule has 0 saturated carbocycles. The fraction of sp³-hybridized carbons (Fsp3) is 0.417. The summed E-state index contributed by atoms with van der Waals surface area (Å²) in [6, 6.07) is 3.20. The van der Waals surface area contributed by atoms with E-state index in [1.54, 1.807) is 26.0 Å². The number of phenolic OH excluding ortho intramolecular Hbond substituents is 1. The predicted molar refractivity (Wildman–Crippen MR) is 64.9 cm³/mol. The van der Waals surface area contributed by atoms with E-state index in [-0.39, 0.29) is 17.9 Å². The summed E-state index contributed by atoms with van der Waals surface area (Å²) in [6.07, 6.45) is -0.0919. The number of phenols is 1. The van der Waals surface area contributed by atoms with Crippen LogP contribution in [0.1, 0.15) is 25.8 Å². The molecule has 94 valence electrons. The number of aliphatic carboxylic acids is 1. The van der Waals surface area contributed by atoms with Gasteiger partial charge in [-0.2, -0.15) is 0 Å². The molecule has 0 aliphatic heterocycles. The third-order valence-electron chi connectivity index (χ3n) is 2.61. The highest BCUT2D eigenvalue weighted by Gasteiger charge is 2.29. The lowest BCUT2D eigenvalue weighted by Gasteiger charge is -2.25. The molecule has 0 fully saturated rings. The minimum absolute atomic E-state index is 0.0919. The van der Waals surface area contributed by atoms with Crippen LogP contribution in [-0.4, -0.2) is 23.3 Å². The maximum atomic E-state index is 10.8. The highest BCUT2D eigenvalue weighted by molar-refractivity contribution is 6.32. The zero-order valence-corrected chi connectivity index (χ0v) is 10.7. The Morgan fingerprint density at radius 1 is 1.47 bits per heavy atom. The molecule has 0 radical (unpaired) electrons. The van der Waals surface area contributed by atoms with Crippen molar-refractivity contribution in [1.29, 1.82) is 0 Å². The molecule has 0 aliphatic carbocycles. The van der Waals surface area contributed by atoms with Crippen molar-refractivity contribution in [3.63, 3.8) is 0 Å². The third kappa shape index (κ3) is 2.82. The summed E-state index contributed by atoms with van der Waals surface area (Å²) in [4.78, 5) is 10.8. The van der Waals surface area contributed by atoms with Crippen LogP contribution >= 0.6 is 11.6 Å². The molecule has 17 heavy (non-hydrogen) atoms. The summed E-state index contributed by atoms with van der Waals surface area (Å²) in [5.41, 5.74) is -0.200. The number of ether oxygens (including phenoxy) is 1. The second-order valence-corrected chi connectivity index (χ2v) is 4.84. The number of carboxylic acids is 1. The van der Waals surface area contributed by atoms with Gasteiger partial charge in [-0.15, -0.1) is 0 Å². The Balaban J connectivity index is 3.27. The van der Waals surface area contributed by atoms with E-state index in [1.807, 2.05) is 0 Å². The number of rotatable bonds is 4. The lowest BCUT2D eigenvalue weighted by Crippen LogP contribution is -2.21. The smallest absolute Gasteiger partial charge is 0.304 e.